The summed E-state index contributed by atoms with van der Waals surface area (Å²) in [4.78, 5) is 0. The molecular formula is C30H38F2. The molecule has 32 heavy (non-hydrogen) atoms. The van der Waals surface area contributed by atoms with E-state index >= 15 is 0 Å². The number of allylic oxidation sites excluding steroid dienone is 1. The van der Waals surface area contributed by atoms with E-state index in [9.17, 15) is 8.78 Å². The van der Waals surface area contributed by atoms with Crippen LogP contribution in [0.4, 0.5) is 8.78 Å². The first-order valence-electron chi connectivity index (χ1n) is 12.8. The average Bonchev–Trinajstić information content (AvgIpc) is 2.84. The van der Waals surface area contributed by atoms with Crippen molar-refractivity contribution in [3.8, 4) is 11.1 Å². The zero-order valence-corrected chi connectivity index (χ0v) is 19.4. The van der Waals surface area contributed by atoms with Crippen molar-refractivity contribution in [3.05, 3.63) is 72.3 Å². The predicted molar refractivity (Wildman–Crippen MR) is 130 cm³/mol. The van der Waals surface area contributed by atoms with E-state index in [1.807, 2.05) is 12.1 Å². The molecule has 0 bridgehead atoms. The lowest BCUT2D eigenvalue weighted by molar-refractivity contribution is 0.141. The summed E-state index contributed by atoms with van der Waals surface area (Å²) in [6.45, 7) is 3.87. The normalized spacial score (nSPS) is 26.1. The summed E-state index contributed by atoms with van der Waals surface area (Å²) in [5.74, 6) is 2.19. The molecule has 4 rings (SSSR count). The first kappa shape index (κ1) is 23.2. The van der Waals surface area contributed by atoms with Crippen molar-refractivity contribution in [2.45, 2.75) is 77.0 Å². The Kier molecular flexibility index (Phi) is 8.16. The van der Waals surface area contributed by atoms with Crippen molar-refractivity contribution in [2.75, 3.05) is 0 Å². The summed E-state index contributed by atoms with van der Waals surface area (Å²) < 4.78 is 26.7. The van der Waals surface area contributed by atoms with Gasteiger partial charge in [-0.25, -0.2) is 8.78 Å². The zero-order valence-electron chi connectivity index (χ0n) is 19.4. The summed E-state index contributed by atoms with van der Waals surface area (Å²) >= 11 is 0. The van der Waals surface area contributed by atoms with Crippen LogP contribution < -0.4 is 0 Å². The van der Waals surface area contributed by atoms with Crippen LogP contribution in [-0.4, -0.2) is 0 Å². The number of rotatable bonds is 8. The molecule has 0 atom stereocenters. The van der Waals surface area contributed by atoms with Crippen molar-refractivity contribution >= 4 is 0 Å². The van der Waals surface area contributed by atoms with Gasteiger partial charge in [-0.3, -0.25) is 0 Å². The summed E-state index contributed by atoms with van der Waals surface area (Å²) in [6, 6.07) is 12.5. The standard InChI is InChI=1S/C30H38F2/c1-2-3-4-22-7-13-25(14-8-22)26-15-9-23(10-16-26)5-6-24-11-17-27(18-12-24)28-19-20-29(31)30(32)21-28/h2,11-12,17-23,25-26H,1,3-10,13-16H2/t22-,23?,25-,26?. The van der Waals surface area contributed by atoms with E-state index in [2.05, 4.69) is 24.8 Å². The lowest BCUT2D eigenvalue weighted by atomic mass is 9.68. The first-order chi connectivity index (χ1) is 15.6. The molecule has 2 saturated carbocycles. The molecule has 2 aromatic carbocycles. The highest BCUT2D eigenvalue weighted by atomic mass is 19.2. The second kappa shape index (κ2) is 11.3. The molecule has 0 radical (unpaired) electrons. The Balaban J connectivity index is 1.19. The van der Waals surface area contributed by atoms with Gasteiger partial charge in [-0.2, -0.15) is 0 Å². The second-order valence-corrected chi connectivity index (χ2v) is 10.3. The highest BCUT2D eigenvalue weighted by Gasteiger charge is 2.30. The van der Waals surface area contributed by atoms with Gasteiger partial charge in [0.2, 0.25) is 0 Å². The van der Waals surface area contributed by atoms with E-state index in [4.69, 9.17) is 0 Å². The van der Waals surface area contributed by atoms with E-state index in [0.29, 0.717) is 0 Å². The van der Waals surface area contributed by atoms with E-state index < -0.39 is 11.6 Å². The van der Waals surface area contributed by atoms with Gasteiger partial charge in [-0.1, -0.05) is 62.1 Å². The third-order valence-electron chi connectivity index (χ3n) is 8.28. The Morgan fingerprint density at radius 1 is 0.688 bits per heavy atom. The Labute approximate surface area is 193 Å². The van der Waals surface area contributed by atoms with E-state index in [0.717, 1.165) is 41.2 Å². The molecule has 172 valence electrons. The number of halogens is 2. The fraction of sp³-hybridized carbons (Fsp3) is 0.533. The number of hydrogen-bond acceptors (Lipinski definition) is 0. The van der Waals surface area contributed by atoms with Gasteiger partial charge in [0, 0.05) is 0 Å². The molecule has 2 aliphatic rings. The summed E-state index contributed by atoms with van der Waals surface area (Å²) in [7, 11) is 0. The predicted octanol–water partition coefficient (Wildman–Crippen LogP) is 9.14. The van der Waals surface area contributed by atoms with Crippen LogP contribution in [0.15, 0.2) is 55.1 Å². The Hall–Kier alpha value is -1.96. The molecular weight excluding hydrogens is 398 g/mol. The average molecular weight is 437 g/mol. The molecule has 0 saturated heterocycles. The van der Waals surface area contributed by atoms with Crippen LogP contribution in [0, 0.1) is 35.3 Å². The van der Waals surface area contributed by atoms with Gasteiger partial charge in [0.05, 0.1) is 0 Å². The van der Waals surface area contributed by atoms with Gasteiger partial charge < -0.3 is 0 Å². The summed E-state index contributed by atoms with van der Waals surface area (Å²) in [5, 5.41) is 0. The maximum absolute atomic E-state index is 13.5. The molecule has 0 spiro atoms. The van der Waals surface area contributed by atoms with Gasteiger partial charge in [-0.15, -0.1) is 6.58 Å². The monoisotopic (exact) mass is 436 g/mol. The van der Waals surface area contributed by atoms with Crippen molar-refractivity contribution in [1.29, 1.82) is 0 Å². The van der Waals surface area contributed by atoms with Crippen LogP contribution in [0.1, 0.15) is 76.2 Å². The summed E-state index contributed by atoms with van der Waals surface area (Å²) in [6.07, 6.45) is 18.5. The smallest absolute Gasteiger partial charge is 0.159 e. The minimum Gasteiger partial charge on any atom is -0.204 e. The van der Waals surface area contributed by atoms with E-state index in [1.54, 1.807) is 6.07 Å². The first-order valence-corrected chi connectivity index (χ1v) is 12.8. The van der Waals surface area contributed by atoms with Crippen LogP contribution in [0.3, 0.4) is 0 Å². The number of aryl methyl sites for hydroxylation is 1. The van der Waals surface area contributed by atoms with Crippen LogP contribution in [0.25, 0.3) is 11.1 Å². The lowest BCUT2D eigenvalue weighted by Gasteiger charge is -2.38. The van der Waals surface area contributed by atoms with E-state index in [1.165, 1.54) is 88.3 Å². The zero-order chi connectivity index (χ0) is 22.3. The van der Waals surface area contributed by atoms with Gasteiger partial charge >= 0.3 is 0 Å². The number of hydrogen-bond donors (Lipinski definition) is 0. The maximum Gasteiger partial charge on any atom is 0.159 e. The molecule has 2 aliphatic carbocycles. The molecule has 0 nitrogen and oxygen atoms in total. The van der Waals surface area contributed by atoms with E-state index in [-0.39, 0.29) is 0 Å². The molecule has 0 heterocycles. The lowest BCUT2D eigenvalue weighted by Crippen LogP contribution is -2.26. The van der Waals surface area contributed by atoms with Crippen molar-refractivity contribution in [1.82, 2.24) is 0 Å². The summed E-state index contributed by atoms with van der Waals surface area (Å²) in [5.41, 5.74) is 3.01. The molecule has 2 heteroatoms. The highest BCUT2D eigenvalue weighted by Crippen LogP contribution is 2.43. The fourth-order valence-electron chi connectivity index (χ4n) is 6.16. The van der Waals surface area contributed by atoms with Crippen molar-refractivity contribution in [2.24, 2.45) is 23.7 Å². The van der Waals surface area contributed by atoms with Crippen LogP contribution >= 0.6 is 0 Å². The molecule has 2 fully saturated rings. The third kappa shape index (κ3) is 6.09. The van der Waals surface area contributed by atoms with Crippen LogP contribution in [0.2, 0.25) is 0 Å². The molecule has 0 amide bonds. The van der Waals surface area contributed by atoms with Gasteiger partial charge in [0.15, 0.2) is 11.6 Å². The molecule has 0 aliphatic heterocycles. The van der Waals surface area contributed by atoms with Gasteiger partial charge in [-0.05, 0) is 104 Å². The minimum absolute atomic E-state index is 0.725. The van der Waals surface area contributed by atoms with Gasteiger partial charge in [0.25, 0.3) is 0 Å². The molecule has 0 aromatic heterocycles. The van der Waals surface area contributed by atoms with Crippen LogP contribution in [-0.2, 0) is 6.42 Å². The fourth-order valence-corrected chi connectivity index (χ4v) is 6.16. The molecule has 0 unspecified atom stereocenters. The third-order valence-corrected chi connectivity index (χ3v) is 8.28. The second-order valence-electron chi connectivity index (χ2n) is 10.3. The topological polar surface area (TPSA) is 0 Å². The molecule has 0 N–H and O–H groups in total. The largest absolute Gasteiger partial charge is 0.204 e. The highest BCUT2D eigenvalue weighted by molar-refractivity contribution is 5.63. The maximum atomic E-state index is 13.5. The van der Waals surface area contributed by atoms with Gasteiger partial charge in [0.1, 0.15) is 0 Å². The quantitative estimate of drug-likeness (QED) is 0.362. The van der Waals surface area contributed by atoms with Crippen molar-refractivity contribution < 1.29 is 8.78 Å². The Morgan fingerprint density at radius 3 is 1.81 bits per heavy atom. The van der Waals surface area contributed by atoms with Crippen LogP contribution in [0.5, 0.6) is 0 Å². The van der Waals surface area contributed by atoms with Crippen molar-refractivity contribution in [3.63, 3.8) is 0 Å². The Morgan fingerprint density at radius 2 is 1.25 bits per heavy atom. The number of benzene rings is 2. The Bertz CT molecular complexity index is 853. The SMILES string of the molecule is C=CCC[C@H]1CC[C@H](C2CCC(CCc3ccc(-c4ccc(F)c(F)c4)cc3)CC2)CC1. The minimum atomic E-state index is -0.795. The molecule has 2 aromatic rings.